The molecule has 156 valence electrons. The molecule has 0 N–H and O–H groups in total. The van der Waals surface area contributed by atoms with Crippen LogP contribution in [0.1, 0.15) is 19.4 Å². The number of hydrogen-bond donors (Lipinski definition) is 0. The fourth-order valence-electron chi connectivity index (χ4n) is 2.36. The molecule has 9 nitrogen and oxygen atoms in total. The van der Waals surface area contributed by atoms with Crippen molar-refractivity contribution >= 4 is 40.9 Å². The van der Waals surface area contributed by atoms with Crippen LogP contribution in [0.25, 0.3) is 6.08 Å². The maximum absolute atomic E-state index is 12.4. The lowest BCUT2D eigenvalue weighted by atomic mass is 10.2. The lowest BCUT2D eigenvalue weighted by molar-refractivity contribution is -0.146. The van der Waals surface area contributed by atoms with Gasteiger partial charge < -0.3 is 18.9 Å². The normalized spacial score (nSPS) is 14.9. The van der Waals surface area contributed by atoms with Crippen LogP contribution in [0.2, 0.25) is 0 Å². The number of amides is 2. The smallest absolute Gasteiger partial charge is 0.344 e. The first-order chi connectivity index (χ1) is 13.9. The summed E-state index contributed by atoms with van der Waals surface area (Å²) < 4.78 is 20.2. The van der Waals surface area contributed by atoms with E-state index in [4.69, 9.17) is 18.9 Å². The number of methoxy groups -OCH3 is 1. The first kappa shape index (κ1) is 22.3. The summed E-state index contributed by atoms with van der Waals surface area (Å²) >= 11 is 0.732. The first-order valence-corrected chi connectivity index (χ1v) is 9.58. The van der Waals surface area contributed by atoms with E-state index < -0.39 is 29.6 Å². The van der Waals surface area contributed by atoms with Gasteiger partial charge in [-0.25, -0.2) is 4.79 Å². The summed E-state index contributed by atoms with van der Waals surface area (Å²) in [4.78, 5) is 48.4. The Morgan fingerprint density at radius 2 is 1.76 bits per heavy atom. The monoisotopic (exact) mass is 423 g/mol. The molecule has 0 aromatic heterocycles. The van der Waals surface area contributed by atoms with Gasteiger partial charge in [0.15, 0.2) is 18.1 Å². The van der Waals surface area contributed by atoms with Crippen molar-refractivity contribution in [2.75, 3.05) is 33.5 Å². The molecular formula is C19H21NO8S. The highest BCUT2D eigenvalue weighted by molar-refractivity contribution is 8.18. The molecule has 0 radical (unpaired) electrons. The van der Waals surface area contributed by atoms with E-state index in [1.165, 1.54) is 13.2 Å². The van der Waals surface area contributed by atoms with Gasteiger partial charge in [0.1, 0.15) is 6.54 Å². The molecule has 10 heteroatoms. The van der Waals surface area contributed by atoms with Crippen LogP contribution < -0.4 is 9.47 Å². The number of carbonyl (C=O) groups is 4. The van der Waals surface area contributed by atoms with Crippen LogP contribution in [-0.2, 0) is 23.9 Å². The number of imide groups is 1. The molecule has 1 saturated heterocycles. The minimum absolute atomic E-state index is 0.162. The number of hydrogen-bond acceptors (Lipinski definition) is 9. The summed E-state index contributed by atoms with van der Waals surface area (Å²) in [6.07, 6.45) is 1.51. The maximum Gasteiger partial charge on any atom is 0.344 e. The van der Waals surface area contributed by atoms with Crippen molar-refractivity contribution in [1.29, 1.82) is 0 Å². The Morgan fingerprint density at radius 1 is 1.07 bits per heavy atom. The van der Waals surface area contributed by atoms with Crippen LogP contribution in [0.3, 0.4) is 0 Å². The average Bonchev–Trinajstić information content (AvgIpc) is 2.94. The zero-order chi connectivity index (χ0) is 21.4. The van der Waals surface area contributed by atoms with Crippen molar-refractivity contribution in [3.05, 3.63) is 28.7 Å². The molecule has 1 aromatic carbocycles. The van der Waals surface area contributed by atoms with Crippen molar-refractivity contribution in [3.63, 3.8) is 0 Å². The Labute approximate surface area is 171 Å². The topological polar surface area (TPSA) is 108 Å². The summed E-state index contributed by atoms with van der Waals surface area (Å²) in [7, 11) is 1.43. The second-order valence-corrected chi connectivity index (χ2v) is 6.57. The second-order valence-electron chi connectivity index (χ2n) is 5.58. The zero-order valence-electron chi connectivity index (χ0n) is 16.3. The third-order valence-electron chi connectivity index (χ3n) is 3.60. The van der Waals surface area contributed by atoms with Crippen LogP contribution in [0, 0.1) is 0 Å². The summed E-state index contributed by atoms with van der Waals surface area (Å²) in [5, 5.41) is -0.546. The molecule has 1 aromatic rings. The van der Waals surface area contributed by atoms with Gasteiger partial charge in [0.05, 0.1) is 25.2 Å². The molecule has 1 fully saturated rings. The van der Waals surface area contributed by atoms with E-state index >= 15 is 0 Å². The van der Waals surface area contributed by atoms with Gasteiger partial charge in [-0.1, -0.05) is 6.07 Å². The summed E-state index contributed by atoms with van der Waals surface area (Å²) in [5.74, 6) is -1.06. The molecule has 2 amide bonds. The van der Waals surface area contributed by atoms with E-state index in [1.807, 2.05) is 0 Å². The molecule has 1 heterocycles. The molecular weight excluding hydrogens is 402 g/mol. The number of carbonyl (C=O) groups excluding carboxylic acids is 4. The van der Waals surface area contributed by atoms with Crippen molar-refractivity contribution in [3.8, 4) is 11.5 Å². The highest BCUT2D eigenvalue weighted by Gasteiger charge is 2.36. The second kappa shape index (κ2) is 10.5. The minimum Gasteiger partial charge on any atom is -0.493 e. The van der Waals surface area contributed by atoms with E-state index in [2.05, 4.69) is 0 Å². The highest BCUT2D eigenvalue weighted by Crippen LogP contribution is 2.34. The number of thioether (sulfide) groups is 1. The van der Waals surface area contributed by atoms with Gasteiger partial charge in [-0.05, 0) is 49.4 Å². The minimum atomic E-state index is -0.652. The molecule has 2 rings (SSSR count). The molecule has 0 unspecified atom stereocenters. The summed E-state index contributed by atoms with van der Waals surface area (Å²) in [6, 6.07) is 4.81. The fraction of sp³-hybridized carbons (Fsp3) is 0.368. The van der Waals surface area contributed by atoms with Gasteiger partial charge in [0.25, 0.3) is 11.1 Å². The lowest BCUT2D eigenvalue weighted by Gasteiger charge is -2.11. The Morgan fingerprint density at radius 3 is 2.41 bits per heavy atom. The molecule has 29 heavy (non-hydrogen) atoms. The zero-order valence-corrected chi connectivity index (χ0v) is 17.1. The van der Waals surface area contributed by atoms with Gasteiger partial charge in [0, 0.05) is 0 Å². The van der Waals surface area contributed by atoms with Gasteiger partial charge in [-0.15, -0.1) is 0 Å². The van der Waals surface area contributed by atoms with E-state index in [-0.39, 0.29) is 24.7 Å². The van der Waals surface area contributed by atoms with Crippen molar-refractivity contribution in [2.24, 2.45) is 0 Å². The average molecular weight is 423 g/mol. The largest absolute Gasteiger partial charge is 0.493 e. The maximum atomic E-state index is 12.4. The van der Waals surface area contributed by atoms with E-state index in [9.17, 15) is 19.2 Å². The van der Waals surface area contributed by atoms with Crippen LogP contribution in [-0.4, -0.2) is 61.5 Å². The van der Waals surface area contributed by atoms with Gasteiger partial charge in [0.2, 0.25) is 0 Å². The number of benzene rings is 1. The van der Waals surface area contributed by atoms with Gasteiger partial charge in [-0.3, -0.25) is 19.3 Å². The number of ether oxygens (including phenoxy) is 4. The Hall–Kier alpha value is -3.01. The number of nitrogens with zero attached hydrogens (tertiary/aromatic N) is 1. The van der Waals surface area contributed by atoms with Crippen LogP contribution >= 0.6 is 11.8 Å². The van der Waals surface area contributed by atoms with Crippen LogP contribution in [0.15, 0.2) is 23.1 Å². The summed E-state index contributed by atoms with van der Waals surface area (Å²) in [6.45, 7) is 3.05. The molecule has 0 atom stereocenters. The van der Waals surface area contributed by atoms with E-state index in [0.29, 0.717) is 17.1 Å². The van der Waals surface area contributed by atoms with Crippen LogP contribution in [0.4, 0.5) is 4.79 Å². The Bertz CT molecular complexity index is 835. The first-order valence-electron chi connectivity index (χ1n) is 8.77. The molecule has 0 bridgehead atoms. The molecule has 0 spiro atoms. The summed E-state index contributed by atoms with van der Waals surface area (Å²) in [5.41, 5.74) is 0.576. The van der Waals surface area contributed by atoms with Gasteiger partial charge >= 0.3 is 11.9 Å². The number of rotatable bonds is 9. The standard InChI is InChI=1S/C19H21NO8S/c1-4-26-16(21)10-20-18(23)15(29-19(20)24)9-12-6-7-13(14(8-12)25-3)28-11-17(22)27-5-2/h6-9H,4-5,10-11H2,1-3H3/b15-9-. The Balaban J connectivity index is 2.13. The molecule has 0 saturated carbocycles. The van der Waals surface area contributed by atoms with E-state index in [1.54, 1.807) is 32.0 Å². The van der Waals surface area contributed by atoms with E-state index in [0.717, 1.165) is 16.7 Å². The molecule has 1 aliphatic rings. The number of esters is 2. The van der Waals surface area contributed by atoms with Crippen molar-refractivity contribution in [2.45, 2.75) is 13.8 Å². The predicted molar refractivity (Wildman–Crippen MR) is 104 cm³/mol. The van der Waals surface area contributed by atoms with Crippen molar-refractivity contribution < 1.29 is 38.1 Å². The third-order valence-corrected chi connectivity index (χ3v) is 4.51. The molecule has 0 aliphatic carbocycles. The molecule has 1 aliphatic heterocycles. The highest BCUT2D eigenvalue weighted by atomic mass is 32.2. The predicted octanol–water partition coefficient (Wildman–Crippen LogP) is 2.24. The third kappa shape index (κ3) is 5.98. The lowest BCUT2D eigenvalue weighted by Crippen LogP contribution is -2.34. The fourth-order valence-corrected chi connectivity index (χ4v) is 3.19. The Kier molecular flexibility index (Phi) is 8.08. The SMILES string of the molecule is CCOC(=O)COc1ccc(/C=C2\SC(=O)N(CC(=O)OCC)C2=O)cc1OC. The van der Waals surface area contributed by atoms with Crippen molar-refractivity contribution in [1.82, 2.24) is 4.90 Å². The quantitative estimate of drug-likeness (QED) is 0.436. The van der Waals surface area contributed by atoms with Crippen LogP contribution in [0.5, 0.6) is 11.5 Å². The van der Waals surface area contributed by atoms with Gasteiger partial charge in [-0.2, -0.15) is 0 Å².